The third kappa shape index (κ3) is 5.03. The van der Waals surface area contributed by atoms with Crippen LogP contribution in [0.4, 0.5) is 5.69 Å². The molecule has 1 heterocycles. The van der Waals surface area contributed by atoms with Crippen LogP contribution < -0.4 is 10.3 Å². The zero-order valence-corrected chi connectivity index (χ0v) is 17.5. The Kier molecular flexibility index (Phi) is 6.52. The summed E-state index contributed by atoms with van der Waals surface area (Å²) in [4.78, 5) is 21.8. The van der Waals surface area contributed by atoms with Gasteiger partial charge in [-0.2, -0.15) is 5.10 Å². The lowest BCUT2D eigenvalue weighted by atomic mass is 10.1. The second-order valence-corrected chi connectivity index (χ2v) is 8.64. The monoisotopic (exact) mass is 468 g/mol. The van der Waals surface area contributed by atoms with E-state index < -0.39 is 31.1 Å². The normalized spacial score (nSPS) is 11.4. The van der Waals surface area contributed by atoms with Gasteiger partial charge in [0.2, 0.25) is 10.0 Å². The predicted molar refractivity (Wildman–Crippen MR) is 112 cm³/mol. The fourth-order valence-electron chi connectivity index (χ4n) is 2.56. The van der Waals surface area contributed by atoms with E-state index in [4.69, 9.17) is 23.2 Å². The first-order valence-electron chi connectivity index (χ1n) is 8.45. The van der Waals surface area contributed by atoms with Crippen molar-refractivity contribution in [1.29, 1.82) is 0 Å². The summed E-state index contributed by atoms with van der Waals surface area (Å²) in [5.41, 5.74) is 0.418. The average molecular weight is 469 g/mol. The molecule has 0 fully saturated rings. The van der Waals surface area contributed by atoms with E-state index in [0.717, 1.165) is 28.4 Å². The quantitative estimate of drug-likeness (QED) is 0.419. The minimum atomic E-state index is -4.14. The Bertz CT molecular complexity index is 1260. The summed E-state index contributed by atoms with van der Waals surface area (Å²) in [5.74, 6) is 0. The zero-order chi connectivity index (χ0) is 21.9. The number of aromatic nitrogens is 2. The summed E-state index contributed by atoms with van der Waals surface area (Å²) in [6.45, 7) is -0.246. The molecule has 0 radical (unpaired) electrons. The van der Waals surface area contributed by atoms with Crippen molar-refractivity contribution in [2.24, 2.45) is 0 Å². The molecule has 0 aliphatic carbocycles. The Morgan fingerprint density at radius 1 is 1.07 bits per heavy atom. The van der Waals surface area contributed by atoms with Crippen LogP contribution in [0.5, 0.6) is 0 Å². The van der Waals surface area contributed by atoms with Crippen molar-refractivity contribution in [3.05, 3.63) is 85.1 Å². The summed E-state index contributed by atoms with van der Waals surface area (Å²) in [6, 6.07) is 12.8. The van der Waals surface area contributed by atoms with Crippen LogP contribution in [0.1, 0.15) is 0 Å². The minimum absolute atomic E-state index is 0.0635. The highest BCUT2D eigenvalue weighted by Crippen LogP contribution is 2.26. The molecule has 0 aliphatic heterocycles. The van der Waals surface area contributed by atoms with Crippen LogP contribution in [0.2, 0.25) is 10.0 Å². The van der Waals surface area contributed by atoms with E-state index in [2.05, 4.69) is 9.82 Å². The minimum Gasteiger partial charge on any atom is -0.268 e. The smallest absolute Gasteiger partial charge is 0.268 e. The SMILES string of the molecule is O=c1ccc(-c2ccc(Cl)cc2)nn1CCNS(=O)(=O)c1cc([N+](=O)[O-])ccc1Cl. The van der Waals surface area contributed by atoms with Crippen molar-refractivity contribution in [3.8, 4) is 11.3 Å². The topological polar surface area (TPSA) is 124 Å². The van der Waals surface area contributed by atoms with E-state index >= 15 is 0 Å². The summed E-state index contributed by atoms with van der Waals surface area (Å²) >= 11 is 11.8. The number of benzene rings is 2. The number of hydrogen-bond donors (Lipinski definition) is 1. The van der Waals surface area contributed by atoms with Crippen molar-refractivity contribution < 1.29 is 13.3 Å². The summed E-state index contributed by atoms with van der Waals surface area (Å²) in [7, 11) is -4.14. The van der Waals surface area contributed by atoms with Crippen LogP contribution in [-0.4, -0.2) is 29.7 Å². The van der Waals surface area contributed by atoms with E-state index in [1.165, 1.54) is 6.07 Å². The molecule has 156 valence electrons. The molecule has 0 spiro atoms. The lowest BCUT2D eigenvalue weighted by Gasteiger charge is -2.10. The van der Waals surface area contributed by atoms with Gasteiger partial charge in [-0.15, -0.1) is 0 Å². The highest BCUT2D eigenvalue weighted by Gasteiger charge is 2.21. The summed E-state index contributed by atoms with van der Waals surface area (Å²) in [5, 5.41) is 15.5. The van der Waals surface area contributed by atoms with Crippen LogP contribution in [0.3, 0.4) is 0 Å². The maximum absolute atomic E-state index is 12.5. The van der Waals surface area contributed by atoms with E-state index in [-0.39, 0.29) is 18.1 Å². The maximum atomic E-state index is 12.5. The molecule has 0 bridgehead atoms. The van der Waals surface area contributed by atoms with Gasteiger partial charge in [0.15, 0.2) is 0 Å². The third-order valence-electron chi connectivity index (χ3n) is 4.04. The lowest BCUT2D eigenvalue weighted by molar-refractivity contribution is -0.385. The fraction of sp³-hybridized carbons (Fsp3) is 0.111. The maximum Gasteiger partial charge on any atom is 0.270 e. The molecule has 0 saturated heterocycles. The largest absolute Gasteiger partial charge is 0.270 e. The molecule has 0 amide bonds. The first-order chi connectivity index (χ1) is 14.2. The number of hydrogen-bond acceptors (Lipinski definition) is 6. The number of nitrogens with one attached hydrogen (secondary N) is 1. The molecule has 1 N–H and O–H groups in total. The number of sulfonamides is 1. The third-order valence-corrected chi connectivity index (χ3v) is 6.23. The van der Waals surface area contributed by atoms with E-state index in [1.807, 2.05) is 0 Å². The Labute approximate surface area is 181 Å². The molecule has 3 aromatic rings. The molecule has 0 aliphatic rings. The van der Waals surface area contributed by atoms with E-state index in [1.54, 1.807) is 30.3 Å². The molecule has 3 rings (SSSR count). The van der Waals surface area contributed by atoms with Gasteiger partial charge in [-0.1, -0.05) is 35.3 Å². The Hall–Kier alpha value is -2.79. The second kappa shape index (κ2) is 8.92. The lowest BCUT2D eigenvalue weighted by Crippen LogP contribution is -2.32. The van der Waals surface area contributed by atoms with Gasteiger partial charge in [-0.25, -0.2) is 17.8 Å². The van der Waals surface area contributed by atoms with Crippen LogP contribution in [0.15, 0.2) is 64.3 Å². The highest BCUT2D eigenvalue weighted by atomic mass is 35.5. The fourth-order valence-corrected chi connectivity index (χ4v) is 4.22. The molecule has 9 nitrogen and oxygen atoms in total. The van der Waals surface area contributed by atoms with Crippen molar-refractivity contribution in [3.63, 3.8) is 0 Å². The predicted octanol–water partition coefficient (Wildman–Crippen LogP) is 3.10. The Balaban J connectivity index is 1.77. The van der Waals surface area contributed by atoms with Crippen LogP contribution in [0.25, 0.3) is 11.3 Å². The highest BCUT2D eigenvalue weighted by molar-refractivity contribution is 7.89. The van der Waals surface area contributed by atoms with Gasteiger partial charge in [0.1, 0.15) is 4.90 Å². The molecular weight excluding hydrogens is 455 g/mol. The molecule has 0 saturated carbocycles. The molecule has 1 aromatic heterocycles. The van der Waals surface area contributed by atoms with Gasteiger partial charge >= 0.3 is 0 Å². The number of nitrogens with zero attached hydrogens (tertiary/aromatic N) is 3. The summed E-state index contributed by atoms with van der Waals surface area (Å²) < 4.78 is 28.4. The zero-order valence-electron chi connectivity index (χ0n) is 15.2. The van der Waals surface area contributed by atoms with E-state index in [9.17, 15) is 23.3 Å². The van der Waals surface area contributed by atoms with Gasteiger partial charge in [-0.3, -0.25) is 14.9 Å². The standard InChI is InChI=1S/C18H14Cl2N4O5S/c19-13-3-1-12(2-4-13)16-7-8-18(25)23(22-16)10-9-21-30(28,29)17-11-14(24(26)27)5-6-15(17)20/h1-8,11,21H,9-10H2. The average Bonchev–Trinajstić information content (AvgIpc) is 2.70. The first-order valence-corrected chi connectivity index (χ1v) is 10.7. The second-order valence-electron chi connectivity index (χ2n) is 6.06. The van der Waals surface area contributed by atoms with Gasteiger partial charge < -0.3 is 0 Å². The number of nitro benzene ring substituents is 1. The van der Waals surface area contributed by atoms with Gasteiger partial charge in [0, 0.05) is 35.3 Å². The molecule has 2 aromatic carbocycles. The van der Waals surface area contributed by atoms with Crippen molar-refractivity contribution in [2.45, 2.75) is 11.4 Å². The van der Waals surface area contributed by atoms with Crippen LogP contribution in [0, 0.1) is 10.1 Å². The Morgan fingerprint density at radius 2 is 1.77 bits per heavy atom. The number of rotatable bonds is 7. The van der Waals surface area contributed by atoms with Crippen LogP contribution >= 0.6 is 23.2 Å². The number of halogens is 2. The number of non-ortho nitro benzene ring substituents is 1. The molecular formula is C18H14Cl2N4O5S. The first kappa shape index (κ1) is 21.9. The molecule has 12 heteroatoms. The van der Waals surface area contributed by atoms with Crippen molar-refractivity contribution >= 4 is 38.9 Å². The van der Waals surface area contributed by atoms with Gasteiger partial charge in [0.25, 0.3) is 11.2 Å². The van der Waals surface area contributed by atoms with Gasteiger partial charge in [-0.05, 0) is 24.3 Å². The summed E-state index contributed by atoms with van der Waals surface area (Å²) in [6.07, 6.45) is 0. The van der Waals surface area contributed by atoms with Gasteiger partial charge in [0.05, 0.1) is 22.2 Å². The van der Waals surface area contributed by atoms with E-state index in [0.29, 0.717) is 10.7 Å². The molecule has 30 heavy (non-hydrogen) atoms. The molecule has 0 unspecified atom stereocenters. The van der Waals surface area contributed by atoms with Crippen LogP contribution in [-0.2, 0) is 16.6 Å². The molecule has 0 atom stereocenters. The van der Waals surface area contributed by atoms with Crippen molar-refractivity contribution in [2.75, 3.05) is 6.54 Å². The van der Waals surface area contributed by atoms with Crippen molar-refractivity contribution in [1.82, 2.24) is 14.5 Å². The Morgan fingerprint density at radius 3 is 2.43 bits per heavy atom. The number of nitro groups is 1.